The molecule has 2 N–H and O–H groups in total. The number of anilines is 1. The molecule has 3 rings (SSSR count). The summed E-state index contributed by atoms with van der Waals surface area (Å²) in [4.78, 5) is 11.7. The van der Waals surface area contributed by atoms with Crippen molar-refractivity contribution >= 4 is 32.7 Å². The first-order valence-electron chi connectivity index (χ1n) is 6.07. The minimum Gasteiger partial charge on any atom is -0.467 e. The van der Waals surface area contributed by atoms with E-state index in [1.165, 1.54) is 7.11 Å². The first-order valence-corrected chi connectivity index (χ1v) is 6.86. The number of nitrogen functional groups attached to an aromatic ring is 1. The molecule has 0 amide bonds. The van der Waals surface area contributed by atoms with Crippen molar-refractivity contribution in [3.8, 4) is 17.8 Å². The molecular weight excluding hydrogens is 336 g/mol. The van der Waals surface area contributed by atoms with Gasteiger partial charge in [0, 0.05) is 4.47 Å². The van der Waals surface area contributed by atoms with E-state index in [1.807, 2.05) is 36.4 Å². The quantitative estimate of drug-likeness (QED) is 0.784. The molecule has 7 heteroatoms. The van der Waals surface area contributed by atoms with Crippen molar-refractivity contribution in [1.82, 2.24) is 15.0 Å². The van der Waals surface area contributed by atoms with E-state index in [-0.39, 0.29) is 18.0 Å². The predicted molar refractivity (Wildman–Crippen MR) is 82.5 cm³/mol. The minimum absolute atomic E-state index is 0.0431. The molecule has 0 aliphatic heterocycles. The van der Waals surface area contributed by atoms with E-state index in [2.05, 4.69) is 30.9 Å². The van der Waals surface area contributed by atoms with Crippen LogP contribution in [0.25, 0.3) is 10.8 Å². The number of nitrogens with zero attached hydrogens (tertiary/aromatic N) is 3. The number of nitrogens with two attached hydrogens (primary N) is 1. The minimum atomic E-state index is 0.0431. The van der Waals surface area contributed by atoms with E-state index >= 15 is 0 Å². The van der Waals surface area contributed by atoms with E-state index in [4.69, 9.17) is 15.2 Å². The smallest absolute Gasteiger partial charge is 0.330 e. The molecule has 0 fully saturated rings. The van der Waals surface area contributed by atoms with Gasteiger partial charge in [-0.3, -0.25) is 0 Å². The molecule has 106 valence electrons. The van der Waals surface area contributed by atoms with Crippen LogP contribution < -0.4 is 15.2 Å². The maximum atomic E-state index is 5.61. The summed E-state index contributed by atoms with van der Waals surface area (Å²) in [7, 11) is 1.45. The van der Waals surface area contributed by atoms with Crippen LogP contribution in [-0.2, 0) is 0 Å². The summed E-state index contributed by atoms with van der Waals surface area (Å²) in [6.07, 6.45) is 0. The number of fused-ring (bicyclic) bond motifs is 1. The van der Waals surface area contributed by atoms with Gasteiger partial charge in [0.05, 0.1) is 7.11 Å². The summed E-state index contributed by atoms with van der Waals surface area (Å²) in [5, 5.41) is 2.15. The second kappa shape index (κ2) is 5.53. The Morgan fingerprint density at radius 1 is 0.952 bits per heavy atom. The van der Waals surface area contributed by atoms with Gasteiger partial charge in [-0.1, -0.05) is 28.1 Å². The number of methoxy groups -OCH3 is 1. The van der Waals surface area contributed by atoms with Gasteiger partial charge in [-0.15, -0.1) is 4.98 Å². The third-order valence-electron chi connectivity index (χ3n) is 2.78. The lowest BCUT2D eigenvalue weighted by Gasteiger charge is -2.07. The Labute approximate surface area is 129 Å². The molecule has 0 unspecified atom stereocenters. The molecule has 1 aromatic heterocycles. The fraction of sp³-hybridized carbons (Fsp3) is 0.0714. The maximum absolute atomic E-state index is 5.61. The van der Waals surface area contributed by atoms with Crippen LogP contribution in [0.2, 0.25) is 0 Å². The van der Waals surface area contributed by atoms with Crippen LogP contribution in [0.15, 0.2) is 40.9 Å². The Kier molecular flexibility index (Phi) is 3.57. The summed E-state index contributed by atoms with van der Waals surface area (Å²) < 4.78 is 11.6. The molecule has 2 aromatic carbocycles. The molecule has 0 radical (unpaired) electrons. The summed E-state index contributed by atoms with van der Waals surface area (Å²) >= 11 is 3.44. The Hall–Kier alpha value is -2.41. The first kappa shape index (κ1) is 13.6. The van der Waals surface area contributed by atoms with Gasteiger partial charge in [-0.25, -0.2) is 0 Å². The Morgan fingerprint density at radius 3 is 2.48 bits per heavy atom. The van der Waals surface area contributed by atoms with Crippen molar-refractivity contribution in [3.05, 3.63) is 40.9 Å². The van der Waals surface area contributed by atoms with E-state index in [1.54, 1.807) is 0 Å². The third kappa shape index (κ3) is 3.03. The van der Waals surface area contributed by atoms with E-state index in [0.29, 0.717) is 5.75 Å². The number of hydrogen-bond donors (Lipinski definition) is 1. The fourth-order valence-electron chi connectivity index (χ4n) is 1.85. The van der Waals surface area contributed by atoms with Crippen molar-refractivity contribution in [2.45, 2.75) is 0 Å². The molecule has 3 aromatic rings. The predicted octanol–water partition coefficient (Wildman–Crippen LogP) is 3.17. The Bertz CT molecular complexity index is 810. The zero-order valence-electron chi connectivity index (χ0n) is 11.1. The lowest BCUT2D eigenvalue weighted by atomic mass is 10.1. The van der Waals surface area contributed by atoms with Gasteiger partial charge >= 0.3 is 12.0 Å². The maximum Gasteiger partial charge on any atom is 0.330 e. The van der Waals surface area contributed by atoms with Gasteiger partial charge in [0.25, 0.3) is 0 Å². The molecule has 0 atom stereocenters. The molecular formula is C14H11BrN4O2. The fourth-order valence-corrected chi connectivity index (χ4v) is 2.23. The van der Waals surface area contributed by atoms with Crippen LogP contribution in [0.5, 0.6) is 17.8 Å². The number of halogens is 1. The number of benzene rings is 2. The van der Waals surface area contributed by atoms with Gasteiger partial charge < -0.3 is 15.2 Å². The second-order valence-electron chi connectivity index (χ2n) is 4.22. The highest BCUT2D eigenvalue weighted by atomic mass is 79.9. The molecule has 0 saturated carbocycles. The van der Waals surface area contributed by atoms with Crippen LogP contribution in [-0.4, -0.2) is 22.1 Å². The third-order valence-corrected chi connectivity index (χ3v) is 3.27. The zero-order chi connectivity index (χ0) is 14.8. The van der Waals surface area contributed by atoms with Crippen LogP contribution in [0.1, 0.15) is 0 Å². The van der Waals surface area contributed by atoms with Crippen LogP contribution >= 0.6 is 15.9 Å². The topological polar surface area (TPSA) is 83.2 Å². The Balaban J connectivity index is 1.94. The van der Waals surface area contributed by atoms with Gasteiger partial charge in [0.1, 0.15) is 5.75 Å². The molecule has 21 heavy (non-hydrogen) atoms. The Morgan fingerprint density at radius 2 is 1.67 bits per heavy atom. The van der Waals surface area contributed by atoms with Crippen molar-refractivity contribution < 1.29 is 9.47 Å². The van der Waals surface area contributed by atoms with E-state index in [9.17, 15) is 0 Å². The highest BCUT2D eigenvalue weighted by Gasteiger charge is 2.07. The summed E-state index contributed by atoms with van der Waals surface area (Å²) in [5.41, 5.74) is 5.57. The number of ether oxygens (including phenoxy) is 2. The molecule has 6 nitrogen and oxygen atoms in total. The molecule has 0 bridgehead atoms. The monoisotopic (exact) mass is 346 g/mol. The average molecular weight is 347 g/mol. The molecule has 0 saturated heterocycles. The number of hydrogen-bond acceptors (Lipinski definition) is 6. The number of rotatable bonds is 3. The van der Waals surface area contributed by atoms with E-state index < -0.39 is 0 Å². The molecule has 0 aliphatic rings. The highest BCUT2D eigenvalue weighted by Crippen LogP contribution is 2.26. The van der Waals surface area contributed by atoms with Crippen LogP contribution in [0, 0.1) is 0 Å². The summed E-state index contributed by atoms with van der Waals surface area (Å²) in [5.74, 6) is 0.652. The average Bonchev–Trinajstić information content (AvgIpc) is 2.47. The van der Waals surface area contributed by atoms with Crippen LogP contribution in [0.3, 0.4) is 0 Å². The SMILES string of the molecule is COc1nc(N)nc(Oc2ccc3cc(Br)ccc3c2)n1. The number of aromatic nitrogens is 3. The van der Waals surface area contributed by atoms with Gasteiger partial charge in [0.15, 0.2) is 0 Å². The van der Waals surface area contributed by atoms with Gasteiger partial charge in [-0.2, -0.15) is 9.97 Å². The van der Waals surface area contributed by atoms with Gasteiger partial charge in [-0.05, 0) is 35.0 Å². The summed E-state index contributed by atoms with van der Waals surface area (Å²) in [6, 6.07) is 11.9. The van der Waals surface area contributed by atoms with E-state index in [0.717, 1.165) is 15.2 Å². The largest absolute Gasteiger partial charge is 0.467 e. The highest BCUT2D eigenvalue weighted by molar-refractivity contribution is 9.10. The van der Waals surface area contributed by atoms with Crippen molar-refractivity contribution in [1.29, 1.82) is 0 Å². The lowest BCUT2D eigenvalue weighted by molar-refractivity contribution is 0.360. The van der Waals surface area contributed by atoms with Crippen molar-refractivity contribution in [2.24, 2.45) is 0 Å². The zero-order valence-corrected chi connectivity index (χ0v) is 12.7. The summed E-state index contributed by atoms with van der Waals surface area (Å²) in [6.45, 7) is 0. The first-order chi connectivity index (χ1) is 10.1. The van der Waals surface area contributed by atoms with Crippen molar-refractivity contribution in [2.75, 3.05) is 12.8 Å². The lowest BCUT2D eigenvalue weighted by Crippen LogP contribution is -2.02. The second-order valence-corrected chi connectivity index (χ2v) is 5.13. The molecule has 0 spiro atoms. The normalized spacial score (nSPS) is 10.6. The van der Waals surface area contributed by atoms with Crippen molar-refractivity contribution in [3.63, 3.8) is 0 Å². The van der Waals surface area contributed by atoms with Gasteiger partial charge in [0.2, 0.25) is 5.95 Å². The molecule has 0 aliphatic carbocycles. The molecule has 1 heterocycles. The van der Waals surface area contributed by atoms with Crippen LogP contribution in [0.4, 0.5) is 5.95 Å². The standard InChI is InChI=1S/C14H11BrN4O2/c1-20-13-17-12(16)18-14(19-13)21-11-5-3-8-6-10(15)4-2-9(8)7-11/h2-7H,1H3,(H2,16,17,18,19).